The van der Waals surface area contributed by atoms with E-state index in [4.69, 9.17) is 158 Å². The van der Waals surface area contributed by atoms with Gasteiger partial charge in [0.1, 0.15) is 61.0 Å². The van der Waals surface area contributed by atoms with Gasteiger partial charge in [-0.15, -0.1) is 0 Å². The molecule has 0 bridgehead atoms. The summed E-state index contributed by atoms with van der Waals surface area (Å²) in [4.78, 5) is 0. The highest BCUT2D eigenvalue weighted by Gasteiger charge is 1.99. The molecule has 77 heavy (non-hydrogen) atoms. The van der Waals surface area contributed by atoms with Gasteiger partial charge >= 0.3 is 0 Å². The third kappa shape index (κ3) is 142. The van der Waals surface area contributed by atoms with Crippen LogP contribution in [0.5, 0.6) is 0 Å². The number of ether oxygens (including phenoxy) is 1. The molecule has 0 aromatic carbocycles. The van der Waals surface area contributed by atoms with Crippen LogP contribution >= 0.6 is 0 Å². The van der Waals surface area contributed by atoms with E-state index >= 15 is 0 Å². The molecule has 0 saturated carbocycles. The van der Waals surface area contributed by atoms with Gasteiger partial charge in [-0.1, -0.05) is 78.1 Å². The quantitative estimate of drug-likeness (QED) is 0.0266. The second-order valence-corrected chi connectivity index (χ2v) is 15.3. The number of aliphatic hydroxyl groups excluding tert-OH is 30. The number of hydrogen-bond acceptors (Lipinski definition) is 31. The molecular formula is C46H114O31. The molecule has 0 unspecified atom stereocenters. The maximum atomic E-state index is 8.17. The van der Waals surface area contributed by atoms with E-state index in [-0.39, 0.29) is 132 Å². The first-order chi connectivity index (χ1) is 36.5. The van der Waals surface area contributed by atoms with Gasteiger partial charge in [0.25, 0.3) is 0 Å². The summed E-state index contributed by atoms with van der Waals surface area (Å²) in [6, 6.07) is 0. The summed E-state index contributed by atoms with van der Waals surface area (Å²) >= 11 is 0. The second-order valence-electron chi connectivity index (χ2n) is 15.3. The summed E-state index contributed by atoms with van der Waals surface area (Å²) in [7, 11) is 0. The molecule has 0 amide bonds. The van der Waals surface area contributed by atoms with Crippen LogP contribution in [0, 0.1) is 0 Å². The number of unbranched alkanes of at least 4 members (excludes halogenated alkanes) is 10. The molecular weight excluding hydrogens is 1050 g/mol. The highest BCUT2D eigenvalue weighted by atomic mass is 16.5. The lowest BCUT2D eigenvalue weighted by atomic mass is 10.1. The van der Waals surface area contributed by atoms with Crippen molar-refractivity contribution >= 4 is 0 Å². The van der Waals surface area contributed by atoms with Crippen molar-refractivity contribution in [1.82, 2.24) is 0 Å². The van der Waals surface area contributed by atoms with Gasteiger partial charge in [-0.2, -0.15) is 0 Å². The molecule has 0 aliphatic carbocycles. The molecule has 484 valence electrons. The fourth-order valence-electron chi connectivity index (χ4n) is 2.65. The summed E-state index contributed by atoms with van der Waals surface area (Å²) < 4.78 is 5.63. The Balaban J connectivity index is -0.0000000712. The van der Waals surface area contributed by atoms with E-state index in [2.05, 4.69) is 13.8 Å². The average molecular weight is 1160 g/mol. The van der Waals surface area contributed by atoms with Crippen molar-refractivity contribution in [1.29, 1.82) is 0 Å². The third-order valence-corrected chi connectivity index (χ3v) is 7.50. The van der Waals surface area contributed by atoms with E-state index in [1.54, 1.807) is 0 Å². The Bertz CT molecular complexity index is 638. The standard InChI is InChI=1S/C16H34O.10C3H8O3/c1-3-5-7-9-10-11-12-14-16-17-15-13-8-6-4-2;10*4-1-3(6)2-5/h3-16H2,1-2H3;10*3-6H,1-2H2. The highest BCUT2D eigenvalue weighted by Crippen LogP contribution is 2.08. The minimum atomic E-state index is -0.954. The molecule has 0 heterocycles. The molecule has 31 heteroatoms. The zero-order valence-electron chi connectivity index (χ0n) is 45.6. The Kier molecular flexibility index (Phi) is 131. The van der Waals surface area contributed by atoms with Crippen LogP contribution in [0.1, 0.15) is 90.9 Å². The minimum Gasteiger partial charge on any atom is -0.394 e. The molecule has 0 aliphatic rings. The number of rotatable bonds is 34. The summed E-state index contributed by atoms with van der Waals surface area (Å²) in [5.41, 5.74) is 0. The van der Waals surface area contributed by atoms with Crippen LogP contribution in [0.4, 0.5) is 0 Å². The van der Waals surface area contributed by atoms with Crippen LogP contribution in [0.3, 0.4) is 0 Å². The van der Waals surface area contributed by atoms with Crippen LogP contribution in [0.25, 0.3) is 0 Å². The second kappa shape index (κ2) is 100. The van der Waals surface area contributed by atoms with Gasteiger partial charge in [-0.05, 0) is 12.8 Å². The summed E-state index contributed by atoms with van der Waals surface area (Å²) in [6.07, 6.45) is 6.84. The Hall–Kier alpha value is -1.24. The normalized spacial score (nSPS) is 10.2. The number of aliphatic hydroxyl groups is 30. The fraction of sp³-hybridized carbons (Fsp3) is 1.00. The van der Waals surface area contributed by atoms with Crippen molar-refractivity contribution in [2.24, 2.45) is 0 Å². The van der Waals surface area contributed by atoms with Crippen LogP contribution in [0.15, 0.2) is 0 Å². The zero-order valence-corrected chi connectivity index (χ0v) is 45.6. The van der Waals surface area contributed by atoms with Crippen molar-refractivity contribution in [2.45, 2.75) is 152 Å². The molecule has 31 nitrogen and oxygen atoms in total. The molecule has 0 radical (unpaired) electrons. The highest BCUT2D eigenvalue weighted by molar-refractivity contribution is 4.49. The van der Waals surface area contributed by atoms with Crippen molar-refractivity contribution in [3.63, 3.8) is 0 Å². The SMILES string of the molecule is CCCCCCCCCCOCCCCCC.OCC(O)CO.OCC(O)CO.OCC(O)CO.OCC(O)CO.OCC(O)CO.OCC(O)CO.OCC(O)CO.OCC(O)CO.OCC(O)CO.OCC(O)CO. The lowest BCUT2D eigenvalue weighted by molar-refractivity contribution is 0.0450. The molecule has 0 atom stereocenters. The molecule has 0 aromatic rings. The molecule has 0 saturated heterocycles. The van der Waals surface area contributed by atoms with Gasteiger partial charge in [-0.3, -0.25) is 0 Å². The Morgan fingerprint density at radius 3 is 0.390 bits per heavy atom. The van der Waals surface area contributed by atoms with Crippen molar-refractivity contribution < 1.29 is 158 Å². The van der Waals surface area contributed by atoms with Gasteiger partial charge in [0.15, 0.2) is 0 Å². The minimum absolute atomic E-state index is 0.365. The maximum absolute atomic E-state index is 8.17. The Labute approximate surface area is 454 Å². The van der Waals surface area contributed by atoms with E-state index in [0.29, 0.717) is 0 Å². The smallest absolute Gasteiger partial charge is 0.100 e. The Morgan fingerprint density at radius 1 is 0.182 bits per heavy atom. The van der Waals surface area contributed by atoms with Gasteiger partial charge in [0.2, 0.25) is 0 Å². The molecule has 0 spiro atoms. The molecule has 0 fully saturated rings. The monoisotopic (exact) mass is 1160 g/mol. The number of hydrogen-bond donors (Lipinski definition) is 30. The Morgan fingerprint density at radius 2 is 0.286 bits per heavy atom. The van der Waals surface area contributed by atoms with Crippen molar-refractivity contribution in [3.8, 4) is 0 Å². The van der Waals surface area contributed by atoms with E-state index in [0.717, 1.165) is 13.2 Å². The van der Waals surface area contributed by atoms with Crippen LogP contribution in [-0.4, -0.2) is 360 Å². The van der Waals surface area contributed by atoms with Gasteiger partial charge < -0.3 is 158 Å². The molecule has 30 N–H and O–H groups in total. The average Bonchev–Trinajstić information content (AvgIpc) is 3.49. The maximum Gasteiger partial charge on any atom is 0.100 e. The van der Waals surface area contributed by atoms with Gasteiger partial charge in [-0.25, -0.2) is 0 Å². The summed E-state index contributed by atoms with van der Waals surface area (Å²) in [6.45, 7) is -0.795. The largest absolute Gasteiger partial charge is 0.394 e. The predicted octanol–water partition coefficient (Wildman–Crippen LogP) is -11.0. The van der Waals surface area contributed by atoms with E-state index in [1.165, 1.54) is 77.0 Å². The molecule has 0 rings (SSSR count). The van der Waals surface area contributed by atoms with Crippen LogP contribution in [0.2, 0.25) is 0 Å². The summed E-state index contributed by atoms with van der Waals surface area (Å²) in [5, 5.41) is 240. The zero-order chi connectivity index (χ0) is 62.5. The van der Waals surface area contributed by atoms with E-state index < -0.39 is 61.0 Å². The lowest BCUT2D eigenvalue weighted by Crippen LogP contribution is -2.15. The molecule has 0 aromatic heterocycles. The topological polar surface area (TPSA) is 616 Å². The van der Waals surface area contributed by atoms with Crippen molar-refractivity contribution in [2.75, 3.05) is 145 Å². The summed E-state index contributed by atoms with van der Waals surface area (Å²) in [5.74, 6) is 0. The van der Waals surface area contributed by atoms with Gasteiger partial charge in [0.05, 0.1) is 132 Å². The van der Waals surface area contributed by atoms with Crippen LogP contribution in [-0.2, 0) is 4.74 Å². The third-order valence-electron chi connectivity index (χ3n) is 7.50. The predicted molar refractivity (Wildman–Crippen MR) is 279 cm³/mol. The van der Waals surface area contributed by atoms with E-state index in [1.807, 2.05) is 0 Å². The first kappa shape index (κ1) is 101. The first-order valence-corrected chi connectivity index (χ1v) is 25.1. The molecule has 0 aliphatic heterocycles. The van der Waals surface area contributed by atoms with Gasteiger partial charge in [0, 0.05) is 13.2 Å². The van der Waals surface area contributed by atoms with E-state index in [9.17, 15) is 0 Å². The van der Waals surface area contributed by atoms with Crippen LogP contribution < -0.4 is 0 Å². The fourth-order valence-corrected chi connectivity index (χ4v) is 2.65. The first-order valence-electron chi connectivity index (χ1n) is 25.1. The lowest BCUT2D eigenvalue weighted by Gasteiger charge is -2.04. The van der Waals surface area contributed by atoms with Crippen molar-refractivity contribution in [3.05, 3.63) is 0 Å².